The van der Waals surface area contributed by atoms with Gasteiger partial charge in [-0.2, -0.15) is 0 Å². The van der Waals surface area contributed by atoms with E-state index in [0.717, 1.165) is 0 Å². The molecular weight excluding hydrogens is 412 g/mol. The maximum absolute atomic E-state index is 13.2. The minimum Gasteiger partial charge on any atom is -0.507 e. The van der Waals surface area contributed by atoms with Gasteiger partial charge in [0.05, 0.1) is 37.1 Å². The summed E-state index contributed by atoms with van der Waals surface area (Å²) in [6.07, 6.45) is 3.04. The Morgan fingerprint density at radius 2 is 1.72 bits per heavy atom. The van der Waals surface area contributed by atoms with Crippen LogP contribution in [0.25, 0.3) is 5.76 Å². The van der Waals surface area contributed by atoms with Crippen molar-refractivity contribution < 1.29 is 29.3 Å². The van der Waals surface area contributed by atoms with E-state index in [1.54, 1.807) is 36.4 Å². The number of amides is 1. The van der Waals surface area contributed by atoms with Gasteiger partial charge in [0.1, 0.15) is 23.0 Å². The first kappa shape index (κ1) is 20.9. The fourth-order valence-electron chi connectivity index (χ4n) is 3.75. The van der Waals surface area contributed by atoms with Crippen LogP contribution in [0.3, 0.4) is 0 Å². The predicted octanol–water partition coefficient (Wildman–Crippen LogP) is 3.43. The second-order valence-corrected chi connectivity index (χ2v) is 7.00. The van der Waals surface area contributed by atoms with Crippen LogP contribution in [0.5, 0.6) is 17.2 Å². The standard InChI is InChI=1S/C24H20N2O6/c1-31-15-7-8-19(32-2)16(13-15)22(28)20-21(14-9-11-25-12-10-14)26(24(30)23(20)29)17-5-3-4-6-18(17)27/h3-13,21,27-28H,1-2H3/b22-20+. The topological polar surface area (TPSA) is 109 Å². The highest BCUT2D eigenvalue weighted by Gasteiger charge is 2.47. The number of phenolic OH excluding ortho intramolecular Hbond substituents is 1. The van der Waals surface area contributed by atoms with E-state index in [2.05, 4.69) is 4.98 Å². The number of pyridine rings is 1. The Bertz CT molecular complexity index is 1220. The largest absolute Gasteiger partial charge is 0.507 e. The fourth-order valence-corrected chi connectivity index (χ4v) is 3.75. The van der Waals surface area contributed by atoms with Gasteiger partial charge in [0.25, 0.3) is 11.7 Å². The summed E-state index contributed by atoms with van der Waals surface area (Å²) < 4.78 is 10.6. The highest BCUT2D eigenvalue weighted by atomic mass is 16.5. The number of methoxy groups -OCH3 is 2. The van der Waals surface area contributed by atoms with Gasteiger partial charge in [-0.15, -0.1) is 0 Å². The molecule has 1 aromatic heterocycles. The van der Waals surface area contributed by atoms with Crippen LogP contribution in [0.15, 0.2) is 72.6 Å². The molecule has 3 aromatic rings. The zero-order valence-corrected chi connectivity index (χ0v) is 17.4. The highest BCUT2D eigenvalue weighted by Crippen LogP contribution is 2.45. The van der Waals surface area contributed by atoms with Crippen LogP contribution < -0.4 is 14.4 Å². The van der Waals surface area contributed by atoms with Crippen LogP contribution in [0.1, 0.15) is 17.2 Å². The first-order valence-corrected chi connectivity index (χ1v) is 9.69. The Morgan fingerprint density at radius 3 is 2.38 bits per heavy atom. The van der Waals surface area contributed by atoms with E-state index in [0.29, 0.717) is 17.1 Å². The molecule has 2 aromatic carbocycles. The molecule has 162 valence electrons. The number of carbonyl (C=O) groups is 2. The molecule has 0 spiro atoms. The summed E-state index contributed by atoms with van der Waals surface area (Å²) in [6, 6.07) is 13.2. The number of hydrogen-bond acceptors (Lipinski definition) is 7. The van der Waals surface area contributed by atoms with Gasteiger partial charge in [0.15, 0.2) is 0 Å². The number of anilines is 1. The second kappa shape index (κ2) is 8.43. The van der Waals surface area contributed by atoms with E-state index in [9.17, 15) is 19.8 Å². The number of hydrogen-bond donors (Lipinski definition) is 2. The summed E-state index contributed by atoms with van der Waals surface area (Å²) in [4.78, 5) is 31.5. The molecule has 0 radical (unpaired) electrons. The summed E-state index contributed by atoms with van der Waals surface area (Å²) >= 11 is 0. The number of aromatic hydroxyl groups is 1. The minimum absolute atomic E-state index is 0.143. The van der Waals surface area contributed by atoms with Gasteiger partial charge in [0.2, 0.25) is 0 Å². The molecule has 0 bridgehead atoms. The van der Waals surface area contributed by atoms with Gasteiger partial charge in [-0.05, 0) is 48.0 Å². The molecule has 1 aliphatic heterocycles. The molecule has 1 atom stereocenters. The number of carbonyl (C=O) groups excluding carboxylic acids is 2. The smallest absolute Gasteiger partial charge is 0.300 e. The third-order valence-electron chi connectivity index (χ3n) is 5.27. The molecule has 0 aliphatic carbocycles. The Labute approximate surface area is 184 Å². The van der Waals surface area contributed by atoms with Crippen molar-refractivity contribution in [2.24, 2.45) is 0 Å². The molecule has 1 saturated heterocycles. The quantitative estimate of drug-likeness (QED) is 0.361. The number of aliphatic hydroxyl groups is 1. The lowest BCUT2D eigenvalue weighted by atomic mass is 9.95. The highest BCUT2D eigenvalue weighted by molar-refractivity contribution is 6.52. The number of nitrogens with zero attached hydrogens (tertiary/aromatic N) is 2. The van der Waals surface area contributed by atoms with Gasteiger partial charge >= 0.3 is 0 Å². The van der Waals surface area contributed by atoms with Crippen molar-refractivity contribution in [2.75, 3.05) is 19.1 Å². The van der Waals surface area contributed by atoms with Gasteiger partial charge in [-0.3, -0.25) is 19.5 Å². The van der Waals surface area contributed by atoms with Crippen LogP contribution >= 0.6 is 0 Å². The molecule has 1 aliphatic rings. The van der Waals surface area contributed by atoms with Crippen molar-refractivity contribution in [3.63, 3.8) is 0 Å². The molecular formula is C24H20N2O6. The lowest BCUT2D eigenvalue weighted by Crippen LogP contribution is -2.29. The van der Waals surface area contributed by atoms with Crippen LogP contribution in [-0.4, -0.2) is 41.1 Å². The molecule has 2 N–H and O–H groups in total. The molecule has 8 heteroatoms. The van der Waals surface area contributed by atoms with E-state index in [1.165, 1.54) is 49.7 Å². The summed E-state index contributed by atoms with van der Waals surface area (Å²) in [5.74, 6) is -1.63. The Balaban J connectivity index is 2.00. The monoisotopic (exact) mass is 432 g/mol. The molecule has 8 nitrogen and oxygen atoms in total. The molecule has 1 unspecified atom stereocenters. The van der Waals surface area contributed by atoms with Gasteiger partial charge in [-0.1, -0.05) is 12.1 Å². The normalized spacial score (nSPS) is 17.4. The van der Waals surface area contributed by atoms with Crippen LogP contribution in [-0.2, 0) is 9.59 Å². The third-order valence-corrected chi connectivity index (χ3v) is 5.27. The predicted molar refractivity (Wildman–Crippen MR) is 117 cm³/mol. The summed E-state index contributed by atoms with van der Waals surface area (Å²) in [6.45, 7) is 0. The number of ketones is 1. The SMILES string of the molecule is COc1ccc(OC)c(/C(O)=C2\C(=O)C(=O)N(c3ccccc3O)C2c2ccncc2)c1. The summed E-state index contributed by atoms with van der Waals surface area (Å²) in [5, 5.41) is 21.7. The number of aromatic nitrogens is 1. The van der Waals surface area contributed by atoms with Crippen molar-refractivity contribution >= 4 is 23.1 Å². The fraction of sp³-hybridized carbons (Fsp3) is 0.125. The van der Waals surface area contributed by atoms with Crippen LogP contribution in [0, 0.1) is 0 Å². The molecule has 1 amide bonds. The summed E-state index contributed by atoms with van der Waals surface area (Å²) in [5.41, 5.74) is 0.733. The van der Waals surface area contributed by atoms with E-state index in [4.69, 9.17) is 9.47 Å². The van der Waals surface area contributed by atoms with Crippen molar-refractivity contribution in [2.45, 2.75) is 6.04 Å². The number of phenols is 1. The lowest BCUT2D eigenvalue weighted by Gasteiger charge is -2.26. The van der Waals surface area contributed by atoms with Crippen molar-refractivity contribution in [1.82, 2.24) is 4.98 Å². The maximum Gasteiger partial charge on any atom is 0.300 e. The first-order valence-electron chi connectivity index (χ1n) is 9.69. The first-order chi connectivity index (χ1) is 15.5. The zero-order chi connectivity index (χ0) is 22.8. The number of ether oxygens (including phenoxy) is 2. The van der Waals surface area contributed by atoms with E-state index < -0.39 is 23.5 Å². The van der Waals surface area contributed by atoms with Crippen molar-refractivity contribution in [3.8, 4) is 17.2 Å². The lowest BCUT2D eigenvalue weighted by molar-refractivity contribution is -0.132. The molecule has 32 heavy (non-hydrogen) atoms. The number of benzene rings is 2. The van der Waals surface area contributed by atoms with E-state index in [-0.39, 0.29) is 22.6 Å². The van der Waals surface area contributed by atoms with E-state index in [1.807, 2.05) is 0 Å². The Kier molecular flexibility index (Phi) is 5.51. The number of Topliss-reactive ketones (excluding diaryl/α,β-unsaturated/α-hetero) is 1. The van der Waals surface area contributed by atoms with Crippen molar-refractivity contribution in [1.29, 1.82) is 0 Å². The second-order valence-electron chi connectivity index (χ2n) is 7.00. The number of aliphatic hydroxyl groups excluding tert-OH is 1. The average molecular weight is 432 g/mol. The average Bonchev–Trinajstić information content (AvgIpc) is 3.09. The summed E-state index contributed by atoms with van der Waals surface area (Å²) in [7, 11) is 2.90. The van der Waals surface area contributed by atoms with Gasteiger partial charge in [0, 0.05) is 12.4 Å². The Morgan fingerprint density at radius 1 is 1.00 bits per heavy atom. The number of rotatable bonds is 5. The van der Waals surface area contributed by atoms with Crippen molar-refractivity contribution in [3.05, 3.63) is 83.7 Å². The minimum atomic E-state index is -0.998. The Hall–Kier alpha value is -4.33. The van der Waals surface area contributed by atoms with Crippen LogP contribution in [0.4, 0.5) is 5.69 Å². The molecule has 0 saturated carbocycles. The number of para-hydroxylation sites is 2. The third kappa shape index (κ3) is 3.41. The van der Waals surface area contributed by atoms with E-state index >= 15 is 0 Å². The van der Waals surface area contributed by atoms with Crippen LogP contribution in [0.2, 0.25) is 0 Å². The molecule has 4 rings (SSSR count). The zero-order valence-electron chi connectivity index (χ0n) is 17.4. The molecule has 1 fully saturated rings. The van der Waals surface area contributed by atoms with Gasteiger partial charge in [-0.25, -0.2) is 0 Å². The van der Waals surface area contributed by atoms with Gasteiger partial charge < -0.3 is 19.7 Å². The maximum atomic E-state index is 13.2. The molecule has 2 heterocycles.